The minimum Gasteiger partial charge on any atom is -0.496 e. The van der Waals surface area contributed by atoms with E-state index in [1.54, 1.807) is 7.11 Å². The van der Waals surface area contributed by atoms with Gasteiger partial charge in [-0.1, -0.05) is 31.4 Å². The van der Waals surface area contributed by atoms with Crippen LogP contribution < -0.4 is 10.1 Å². The highest BCUT2D eigenvalue weighted by Crippen LogP contribution is 2.36. The molecule has 1 N–H and O–H groups in total. The van der Waals surface area contributed by atoms with E-state index in [-0.39, 0.29) is 11.8 Å². The van der Waals surface area contributed by atoms with Gasteiger partial charge in [-0.05, 0) is 49.6 Å². The van der Waals surface area contributed by atoms with E-state index in [4.69, 9.17) is 9.72 Å². The number of aromatic nitrogens is 2. The number of amides is 1. The Bertz CT molecular complexity index is 971. The van der Waals surface area contributed by atoms with Crippen molar-refractivity contribution in [2.45, 2.75) is 39.0 Å². The van der Waals surface area contributed by atoms with Gasteiger partial charge in [0.25, 0.3) is 0 Å². The van der Waals surface area contributed by atoms with Gasteiger partial charge in [-0.2, -0.15) is 0 Å². The van der Waals surface area contributed by atoms with Gasteiger partial charge in [0.15, 0.2) is 0 Å². The summed E-state index contributed by atoms with van der Waals surface area (Å²) in [5.74, 6) is 1.63. The van der Waals surface area contributed by atoms with Gasteiger partial charge in [0.05, 0.1) is 7.11 Å². The standard InChI is InChI=1S/C22H25N3O2/c1-15-12-13-25-19(14-15)23-20(17-10-6-7-11-18(17)27-2)21(25)24-22(26)16-8-4-3-5-9-16/h6-7,10-14,16H,3-5,8-9H2,1-2H3,(H,24,26). The summed E-state index contributed by atoms with van der Waals surface area (Å²) in [5.41, 5.74) is 3.56. The number of para-hydroxylation sites is 1. The SMILES string of the molecule is COc1ccccc1-c1nc2cc(C)ccn2c1NC(=O)C1CCCCC1. The van der Waals surface area contributed by atoms with Crippen molar-refractivity contribution in [2.75, 3.05) is 12.4 Å². The van der Waals surface area contributed by atoms with Gasteiger partial charge in [0, 0.05) is 17.7 Å². The molecular weight excluding hydrogens is 338 g/mol. The van der Waals surface area contributed by atoms with Crippen molar-refractivity contribution < 1.29 is 9.53 Å². The van der Waals surface area contributed by atoms with Crippen molar-refractivity contribution in [3.8, 4) is 17.0 Å². The predicted octanol–water partition coefficient (Wildman–Crippen LogP) is 4.84. The first-order valence-corrected chi connectivity index (χ1v) is 9.60. The normalized spacial score (nSPS) is 15.0. The number of pyridine rings is 1. The van der Waals surface area contributed by atoms with Gasteiger partial charge in [0.2, 0.25) is 5.91 Å². The van der Waals surface area contributed by atoms with Crippen molar-refractivity contribution in [3.63, 3.8) is 0 Å². The number of hydrogen-bond acceptors (Lipinski definition) is 3. The third kappa shape index (κ3) is 3.42. The number of imidazole rings is 1. The molecule has 0 saturated heterocycles. The Kier molecular flexibility index (Phi) is 4.84. The van der Waals surface area contributed by atoms with Gasteiger partial charge in [-0.3, -0.25) is 9.20 Å². The zero-order valence-electron chi connectivity index (χ0n) is 15.9. The molecule has 0 unspecified atom stereocenters. The number of carbonyl (C=O) groups excluding carboxylic acids is 1. The Labute approximate surface area is 159 Å². The van der Waals surface area contributed by atoms with Gasteiger partial charge >= 0.3 is 0 Å². The summed E-state index contributed by atoms with van der Waals surface area (Å²) < 4.78 is 7.49. The molecule has 0 radical (unpaired) electrons. The van der Waals surface area contributed by atoms with Crippen LogP contribution in [-0.4, -0.2) is 22.4 Å². The molecule has 1 aliphatic rings. The number of rotatable bonds is 4. The van der Waals surface area contributed by atoms with E-state index in [2.05, 4.69) is 5.32 Å². The summed E-state index contributed by atoms with van der Waals surface area (Å²) in [5, 5.41) is 3.18. The number of nitrogens with zero attached hydrogens (tertiary/aromatic N) is 2. The summed E-state index contributed by atoms with van der Waals surface area (Å²) in [6.45, 7) is 2.04. The average Bonchev–Trinajstić information content (AvgIpc) is 3.05. The van der Waals surface area contributed by atoms with E-state index >= 15 is 0 Å². The fourth-order valence-electron chi connectivity index (χ4n) is 3.88. The summed E-state index contributed by atoms with van der Waals surface area (Å²) in [4.78, 5) is 17.7. The molecule has 0 aliphatic heterocycles. The maximum atomic E-state index is 12.9. The lowest BCUT2D eigenvalue weighted by molar-refractivity contribution is -0.120. The van der Waals surface area contributed by atoms with E-state index in [1.165, 1.54) is 6.42 Å². The van der Waals surface area contributed by atoms with Crippen LogP contribution in [0.15, 0.2) is 42.6 Å². The number of methoxy groups -OCH3 is 1. The van der Waals surface area contributed by atoms with Crippen LogP contribution in [0.3, 0.4) is 0 Å². The molecule has 1 amide bonds. The fraction of sp³-hybridized carbons (Fsp3) is 0.364. The van der Waals surface area contributed by atoms with Crippen molar-refractivity contribution in [3.05, 3.63) is 48.2 Å². The molecule has 1 fully saturated rings. The minimum atomic E-state index is 0.0836. The molecule has 5 heteroatoms. The van der Waals surface area contributed by atoms with Crippen LogP contribution in [0.25, 0.3) is 16.9 Å². The molecule has 1 aromatic carbocycles. The first-order valence-electron chi connectivity index (χ1n) is 9.60. The number of ether oxygens (including phenoxy) is 1. The van der Waals surface area contributed by atoms with Crippen LogP contribution in [0.5, 0.6) is 5.75 Å². The van der Waals surface area contributed by atoms with Gasteiger partial charge in [0.1, 0.15) is 22.9 Å². The highest BCUT2D eigenvalue weighted by molar-refractivity contribution is 5.96. The first kappa shape index (κ1) is 17.6. The van der Waals surface area contributed by atoms with Crippen molar-refractivity contribution in [1.82, 2.24) is 9.38 Å². The van der Waals surface area contributed by atoms with Crippen LogP contribution in [0.4, 0.5) is 5.82 Å². The zero-order chi connectivity index (χ0) is 18.8. The average molecular weight is 363 g/mol. The van der Waals surface area contributed by atoms with E-state index < -0.39 is 0 Å². The van der Waals surface area contributed by atoms with Crippen LogP contribution in [-0.2, 0) is 4.79 Å². The summed E-state index contributed by atoms with van der Waals surface area (Å²) in [6, 6.07) is 11.8. The Morgan fingerprint density at radius 1 is 1.19 bits per heavy atom. The van der Waals surface area contributed by atoms with E-state index in [9.17, 15) is 4.79 Å². The lowest BCUT2D eigenvalue weighted by Crippen LogP contribution is -2.25. The van der Waals surface area contributed by atoms with Crippen molar-refractivity contribution >= 4 is 17.4 Å². The molecule has 2 aromatic heterocycles. The fourth-order valence-corrected chi connectivity index (χ4v) is 3.88. The molecule has 3 aromatic rings. The number of carbonyl (C=O) groups is 1. The minimum absolute atomic E-state index is 0.0836. The number of benzene rings is 1. The van der Waals surface area contributed by atoms with E-state index in [1.807, 2.05) is 53.9 Å². The number of nitrogens with one attached hydrogen (secondary N) is 1. The molecule has 1 aliphatic carbocycles. The van der Waals surface area contributed by atoms with E-state index in [0.717, 1.165) is 53.9 Å². The number of hydrogen-bond donors (Lipinski definition) is 1. The molecule has 2 heterocycles. The number of anilines is 1. The Balaban J connectivity index is 1.80. The molecule has 4 rings (SSSR count). The van der Waals surface area contributed by atoms with Gasteiger partial charge in [-0.15, -0.1) is 0 Å². The van der Waals surface area contributed by atoms with Crippen LogP contribution in [0, 0.1) is 12.8 Å². The lowest BCUT2D eigenvalue weighted by Gasteiger charge is -2.21. The summed E-state index contributed by atoms with van der Waals surface area (Å²) in [7, 11) is 1.65. The summed E-state index contributed by atoms with van der Waals surface area (Å²) in [6.07, 6.45) is 7.38. The third-order valence-electron chi connectivity index (χ3n) is 5.36. The van der Waals surface area contributed by atoms with Crippen molar-refractivity contribution in [2.24, 2.45) is 5.92 Å². The quantitative estimate of drug-likeness (QED) is 0.722. The maximum absolute atomic E-state index is 12.9. The second kappa shape index (κ2) is 7.43. The predicted molar refractivity (Wildman–Crippen MR) is 107 cm³/mol. The topological polar surface area (TPSA) is 55.6 Å². The molecule has 0 spiro atoms. The second-order valence-corrected chi connectivity index (χ2v) is 7.27. The molecular formula is C22H25N3O2. The van der Waals surface area contributed by atoms with Crippen LogP contribution in [0.2, 0.25) is 0 Å². The molecule has 1 saturated carbocycles. The molecule has 0 bridgehead atoms. The third-order valence-corrected chi connectivity index (χ3v) is 5.36. The van der Waals surface area contributed by atoms with Crippen molar-refractivity contribution in [1.29, 1.82) is 0 Å². The highest BCUT2D eigenvalue weighted by Gasteiger charge is 2.25. The Morgan fingerprint density at radius 2 is 1.96 bits per heavy atom. The lowest BCUT2D eigenvalue weighted by atomic mass is 9.88. The second-order valence-electron chi connectivity index (χ2n) is 7.27. The molecule has 0 atom stereocenters. The summed E-state index contributed by atoms with van der Waals surface area (Å²) >= 11 is 0. The molecule has 27 heavy (non-hydrogen) atoms. The smallest absolute Gasteiger partial charge is 0.228 e. The van der Waals surface area contributed by atoms with Crippen LogP contribution >= 0.6 is 0 Å². The largest absolute Gasteiger partial charge is 0.496 e. The Morgan fingerprint density at radius 3 is 2.74 bits per heavy atom. The maximum Gasteiger partial charge on any atom is 0.228 e. The number of fused-ring (bicyclic) bond motifs is 1. The number of aryl methyl sites for hydroxylation is 1. The van der Waals surface area contributed by atoms with E-state index in [0.29, 0.717) is 5.82 Å². The molecule has 140 valence electrons. The van der Waals surface area contributed by atoms with Crippen LogP contribution in [0.1, 0.15) is 37.7 Å². The van der Waals surface area contributed by atoms with Gasteiger partial charge < -0.3 is 10.1 Å². The molecule has 5 nitrogen and oxygen atoms in total. The highest BCUT2D eigenvalue weighted by atomic mass is 16.5. The monoisotopic (exact) mass is 363 g/mol. The van der Waals surface area contributed by atoms with Gasteiger partial charge in [-0.25, -0.2) is 4.98 Å². The first-order chi connectivity index (χ1) is 13.2. The zero-order valence-corrected chi connectivity index (χ0v) is 15.9. The Hall–Kier alpha value is -2.82.